The number of hydrogen-bond donors (Lipinski definition) is 4. The van der Waals surface area contributed by atoms with Crippen molar-refractivity contribution in [1.29, 1.82) is 0 Å². The number of carbonyl (C=O) groups excluding carboxylic acids is 1. The van der Waals surface area contributed by atoms with Crippen LogP contribution in [-0.4, -0.2) is 67.6 Å². The van der Waals surface area contributed by atoms with Gasteiger partial charge in [0.25, 0.3) is 0 Å². The molecule has 28 heavy (non-hydrogen) atoms. The van der Waals surface area contributed by atoms with E-state index in [4.69, 9.17) is 14.2 Å². The third-order valence-corrected chi connectivity index (χ3v) is 6.68. The predicted octanol–water partition coefficient (Wildman–Crippen LogP) is -0.365. The van der Waals surface area contributed by atoms with Crippen molar-refractivity contribution in [2.24, 2.45) is 0 Å². The first kappa shape index (κ1) is 16.7. The number of Topliss-reactive ketones (excluding diaryl/α,β-unsaturated/α-hetero) is 1. The van der Waals surface area contributed by atoms with Gasteiger partial charge in [-0.05, 0) is 23.9 Å². The summed E-state index contributed by atoms with van der Waals surface area (Å²) < 4.78 is 18.0. The largest absolute Gasteiger partial charge is 0.446 e. The van der Waals surface area contributed by atoms with Crippen LogP contribution in [0.25, 0.3) is 10.8 Å². The molecule has 2 aliphatic carbocycles. The maximum atomic E-state index is 13.1. The van der Waals surface area contributed by atoms with E-state index in [1.807, 2.05) is 12.1 Å². The lowest BCUT2D eigenvalue weighted by atomic mass is 9.62. The minimum absolute atomic E-state index is 0.0290. The van der Waals surface area contributed by atoms with Gasteiger partial charge in [-0.25, -0.2) is 0 Å². The van der Waals surface area contributed by atoms with Crippen molar-refractivity contribution >= 4 is 16.6 Å². The van der Waals surface area contributed by atoms with Crippen molar-refractivity contribution in [1.82, 2.24) is 0 Å². The van der Waals surface area contributed by atoms with Gasteiger partial charge in [0.1, 0.15) is 23.7 Å². The van der Waals surface area contributed by atoms with Crippen LogP contribution in [0.2, 0.25) is 0 Å². The van der Waals surface area contributed by atoms with E-state index in [0.717, 1.165) is 5.39 Å². The molecule has 146 valence electrons. The van der Waals surface area contributed by atoms with Gasteiger partial charge in [0.15, 0.2) is 17.5 Å². The molecule has 6 unspecified atom stereocenters. The number of ether oxygens (including phenoxy) is 3. The van der Waals surface area contributed by atoms with Gasteiger partial charge in [-0.1, -0.05) is 24.3 Å². The molecule has 1 spiro atoms. The monoisotopic (exact) mass is 386 g/mol. The molecule has 3 fully saturated rings. The first-order valence-electron chi connectivity index (χ1n) is 9.24. The normalized spacial score (nSPS) is 42.4. The molecule has 6 rings (SSSR count). The van der Waals surface area contributed by atoms with Crippen LogP contribution in [0.3, 0.4) is 0 Å². The van der Waals surface area contributed by atoms with Crippen LogP contribution in [0, 0.1) is 0 Å². The second-order valence-corrected chi connectivity index (χ2v) is 7.92. The van der Waals surface area contributed by atoms with Gasteiger partial charge in [-0.15, -0.1) is 0 Å². The Hall–Kier alpha value is -2.23. The lowest BCUT2D eigenvalue weighted by Crippen LogP contribution is -2.80. The van der Waals surface area contributed by atoms with E-state index < -0.39 is 47.2 Å². The molecule has 6 atom stereocenters. The lowest BCUT2D eigenvalue weighted by molar-refractivity contribution is -0.275. The third-order valence-electron chi connectivity index (χ3n) is 6.68. The highest BCUT2D eigenvalue weighted by molar-refractivity contribution is 5.98. The molecule has 8 heteroatoms. The smallest absolute Gasteiger partial charge is 0.319 e. The van der Waals surface area contributed by atoms with Gasteiger partial charge in [-0.3, -0.25) is 4.79 Å². The predicted molar refractivity (Wildman–Crippen MR) is 92.8 cm³/mol. The second kappa shape index (κ2) is 4.84. The van der Waals surface area contributed by atoms with Crippen LogP contribution >= 0.6 is 0 Å². The summed E-state index contributed by atoms with van der Waals surface area (Å²) in [5, 5.41) is 44.3. The minimum atomic E-state index is -2.13. The average Bonchev–Trinajstić information content (AvgIpc) is 3.44. The summed E-state index contributed by atoms with van der Waals surface area (Å²) in [4.78, 5) is 13.1. The van der Waals surface area contributed by atoms with E-state index in [1.165, 1.54) is 0 Å². The number of rotatable bonds is 0. The van der Waals surface area contributed by atoms with Crippen molar-refractivity contribution in [2.75, 3.05) is 0 Å². The van der Waals surface area contributed by atoms with Crippen molar-refractivity contribution in [2.45, 2.75) is 54.2 Å². The molecule has 0 amide bonds. The van der Waals surface area contributed by atoms with Crippen LogP contribution in [0.1, 0.15) is 12.8 Å². The summed E-state index contributed by atoms with van der Waals surface area (Å²) >= 11 is 0. The maximum Gasteiger partial charge on any atom is 0.319 e. The van der Waals surface area contributed by atoms with Crippen LogP contribution < -0.4 is 9.47 Å². The molecule has 2 saturated carbocycles. The summed E-state index contributed by atoms with van der Waals surface area (Å²) in [6.07, 6.45) is -6.40. The molecular weight excluding hydrogens is 368 g/mol. The van der Waals surface area contributed by atoms with Crippen LogP contribution in [-0.2, 0) is 9.53 Å². The van der Waals surface area contributed by atoms with Crippen molar-refractivity contribution in [3.8, 4) is 11.5 Å². The van der Waals surface area contributed by atoms with Gasteiger partial charge in [0, 0.05) is 6.42 Å². The lowest BCUT2D eigenvalue weighted by Gasteiger charge is -2.51. The number of aliphatic hydroxyl groups is 4. The zero-order valence-corrected chi connectivity index (χ0v) is 14.6. The average molecular weight is 386 g/mol. The van der Waals surface area contributed by atoms with Gasteiger partial charge < -0.3 is 34.6 Å². The van der Waals surface area contributed by atoms with Crippen molar-refractivity contribution in [3.05, 3.63) is 36.4 Å². The third kappa shape index (κ3) is 1.50. The van der Waals surface area contributed by atoms with Crippen molar-refractivity contribution < 1.29 is 39.4 Å². The van der Waals surface area contributed by atoms with E-state index in [1.54, 1.807) is 24.3 Å². The van der Waals surface area contributed by atoms with Gasteiger partial charge in [0.2, 0.25) is 5.60 Å². The van der Waals surface area contributed by atoms with E-state index >= 15 is 0 Å². The Kier molecular flexibility index (Phi) is 2.89. The fourth-order valence-electron chi connectivity index (χ4n) is 5.38. The number of carbonyl (C=O) groups is 1. The second-order valence-electron chi connectivity index (χ2n) is 7.92. The van der Waals surface area contributed by atoms with E-state index in [-0.39, 0.29) is 12.8 Å². The summed E-state index contributed by atoms with van der Waals surface area (Å²) in [7, 11) is 0. The van der Waals surface area contributed by atoms with Gasteiger partial charge >= 0.3 is 5.79 Å². The zero-order chi connectivity index (χ0) is 19.5. The Morgan fingerprint density at radius 3 is 2.21 bits per heavy atom. The highest BCUT2D eigenvalue weighted by Gasteiger charge is 2.96. The van der Waals surface area contributed by atoms with Crippen LogP contribution in [0.5, 0.6) is 11.5 Å². The summed E-state index contributed by atoms with van der Waals surface area (Å²) in [6.45, 7) is 0. The van der Waals surface area contributed by atoms with Gasteiger partial charge in [0.05, 0.1) is 11.5 Å². The fourth-order valence-corrected chi connectivity index (χ4v) is 5.38. The molecule has 8 nitrogen and oxygen atoms in total. The number of epoxide rings is 1. The fraction of sp³-hybridized carbons (Fsp3) is 0.450. The summed E-state index contributed by atoms with van der Waals surface area (Å²) in [6, 6.07) is 10.6. The number of aliphatic hydroxyl groups excluding tert-OH is 4. The first-order valence-corrected chi connectivity index (χ1v) is 9.24. The van der Waals surface area contributed by atoms with Gasteiger partial charge in [-0.2, -0.15) is 0 Å². The van der Waals surface area contributed by atoms with E-state index in [0.29, 0.717) is 16.9 Å². The molecular formula is C20H18O8. The molecule has 2 aromatic rings. The SMILES string of the molecule is O=C1CCC(O)C23OC12C1(Oc2cccc4cccc(c24)O1)C(O)C(O)C3O. The quantitative estimate of drug-likeness (QED) is 0.452. The highest BCUT2D eigenvalue weighted by Crippen LogP contribution is 2.68. The Labute approximate surface area is 158 Å². The number of benzene rings is 2. The molecule has 0 radical (unpaired) electrons. The molecule has 4 N–H and O–H groups in total. The van der Waals surface area contributed by atoms with E-state index in [2.05, 4.69) is 0 Å². The molecule has 4 aliphatic rings. The molecule has 2 aliphatic heterocycles. The Bertz CT molecular complexity index is 995. The molecule has 0 aromatic heterocycles. The topological polar surface area (TPSA) is 129 Å². The summed E-state index contributed by atoms with van der Waals surface area (Å²) in [5.41, 5.74) is -3.72. The Morgan fingerprint density at radius 2 is 1.57 bits per heavy atom. The number of ketones is 1. The Morgan fingerprint density at radius 1 is 0.929 bits per heavy atom. The minimum Gasteiger partial charge on any atom is -0.446 e. The van der Waals surface area contributed by atoms with Crippen LogP contribution in [0.15, 0.2) is 36.4 Å². The zero-order valence-electron chi connectivity index (χ0n) is 14.6. The van der Waals surface area contributed by atoms with Crippen molar-refractivity contribution in [3.63, 3.8) is 0 Å². The van der Waals surface area contributed by atoms with E-state index in [9.17, 15) is 25.2 Å². The molecule has 1 saturated heterocycles. The maximum absolute atomic E-state index is 13.1. The highest BCUT2D eigenvalue weighted by atomic mass is 16.8. The standard InChI is InChI=1S/C20H18O8/c21-12-7-8-13(22)19-18(12,28-19)16(24)15(23)17(25)20(19)26-10-5-1-3-9-4-2-6-11(27-20)14(9)10/h1-6,12,15-17,21,23-25H,7-8H2. The molecule has 2 heterocycles. The number of hydrogen-bond acceptors (Lipinski definition) is 8. The molecule has 2 aromatic carbocycles. The first-order chi connectivity index (χ1) is 13.4. The van der Waals surface area contributed by atoms with Crippen LogP contribution in [0.4, 0.5) is 0 Å². The Balaban J connectivity index is 1.62. The molecule has 0 bridgehead atoms. The summed E-state index contributed by atoms with van der Waals surface area (Å²) in [5.74, 6) is -1.87.